The van der Waals surface area contributed by atoms with E-state index < -0.39 is 20.5 Å². The molecule has 3 heterocycles. The number of hydrogen-bond donors (Lipinski definition) is 0. The number of nitrogens with zero attached hydrogens (tertiary/aromatic N) is 6. The highest BCUT2D eigenvalue weighted by Gasteiger charge is 2.52. The molecule has 1 aromatic carbocycles. The Morgan fingerprint density at radius 2 is 1.97 bits per heavy atom. The van der Waals surface area contributed by atoms with E-state index in [4.69, 9.17) is 0 Å². The molecule has 0 spiro atoms. The maximum absolute atomic E-state index is 14.2. The fourth-order valence-corrected chi connectivity index (χ4v) is 8.18. The number of ketones is 1. The van der Waals surface area contributed by atoms with Crippen LogP contribution in [0.5, 0.6) is 0 Å². The van der Waals surface area contributed by atoms with Crippen molar-refractivity contribution in [3.05, 3.63) is 75.5 Å². The molecule has 0 N–H and O–H groups in total. The number of carbonyl (C=O) groups excluding carboxylic acids is 1. The quantitative estimate of drug-likeness (QED) is 0.319. The van der Waals surface area contributed by atoms with Gasteiger partial charge in [0.15, 0.2) is 5.01 Å². The number of Topliss-reactive ketones (excluding diaryl/α,β-unsaturated/α-hetero) is 1. The van der Waals surface area contributed by atoms with Crippen LogP contribution in [0.4, 0.5) is 4.39 Å². The Kier molecular flexibility index (Phi) is 6.14. The summed E-state index contributed by atoms with van der Waals surface area (Å²) in [4.78, 5) is 23.6. The van der Waals surface area contributed by atoms with Gasteiger partial charge in [-0.1, -0.05) is 5.57 Å². The highest BCUT2D eigenvalue weighted by Crippen LogP contribution is 2.53. The molecule has 1 saturated carbocycles. The van der Waals surface area contributed by atoms with Gasteiger partial charge in [-0.3, -0.25) is 9.48 Å². The number of halogens is 1. The van der Waals surface area contributed by atoms with Crippen molar-refractivity contribution >= 4 is 33.0 Å². The Labute approximate surface area is 229 Å². The van der Waals surface area contributed by atoms with Gasteiger partial charge in [0.25, 0.3) is 5.16 Å². The zero-order valence-corrected chi connectivity index (χ0v) is 23.3. The molecule has 12 heteroatoms. The lowest BCUT2D eigenvalue weighted by Crippen LogP contribution is -2.45. The first-order valence-corrected chi connectivity index (χ1v) is 15.1. The van der Waals surface area contributed by atoms with Crippen LogP contribution >= 0.6 is 11.3 Å². The number of carbonyl (C=O) groups is 1. The van der Waals surface area contributed by atoms with Gasteiger partial charge in [0.1, 0.15) is 12.1 Å². The van der Waals surface area contributed by atoms with Crippen LogP contribution in [-0.4, -0.2) is 49.0 Å². The zero-order chi connectivity index (χ0) is 27.5. The van der Waals surface area contributed by atoms with Gasteiger partial charge in [0, 0.05) is 18.1 Å². The molecule has 3 aromatic heterocycles. The molecule has 0 aliphatic heterocycles. The second-order valence-electron chi connectivity index (χ2n) is 10.4. The van der Waals surface area contributed by atoms with Gasteiger partial charge < -0.3 is 0 Å². The Bertz CT molecular complexity index is 1720. The Morgan fingerprint density at radius 3 is 2.64 bits per heavy atom. The molecule has 9 nitrogen and oxygen atoms in total. The molecule has 0 amide bonds. The lowest BCUT2D eigenvalue weighted by molar-refractivity contribution is 0.0759. The summed E-state index contributed by atoms with van der Waals surface area (Å²) in [6.45, 7) is 3.60. The third-order valence-electron chi connectivity index (χ3n) is 8.01. The summed E-state index contributed by atoms with van der Waals surface area (Å²) >= 11 is 1.35. The minimum absolute atomic E-state index is 0.0858. The second kappa shape index (κ2) is 9.30. The SMILES string of the molecule is Cc1cnc(C(=O)[C@]23Cc4cnn(-c5ccc(F)cc5)c4C=C2CC[C@H]([C@H](C)S(=O)(=O)c2ncn(C)n2)C3)s1. The minimum atomic E-state index is -3.80. The van der Waals surface area contributed by atoms with Crippen molar-refractivity contribution in [1.82, 2.24) is 29.5 Å². The van der Waals surface area contributed by atoms with Gasteiger partial charge in [0.05, 0.1) is 28.2 Å². The third-order valence-corrected chi connectivity index (χ3v) is 11.0. The number of rotatable bonds is 6. The summed E-state index contributed by atoms with van der Waals surface area (Å²) in [6.07, 6.45) is 8.74. The molecule has 1 fully saturated rings. The maximum atomic E-state index is 14.2. The molecular weight excluding hydrogens is 539 g/mol. The van der Waals surface area contributed by atoms with Gasteiger partial charge in [0.2, 0.25) is 15.6 Å². The van der Waals surface area contributed by atoms with Crippen LogP contribution in [0.1, 0.15) is 52.1 Å². The number of thiazole rings is 1. The molecule has 6 rings (SSSR count). The van der Waals surface area contributed by atoms with Crippen LogP contribution in [-0.2, 0) is 23.3 Å². The Hall–Kier alpha value is -3.51. The molecule has 39 heavy (non-hydrogen) atoms. The normalized spacial score (nSPS) is 21.6. The van der Waals surface area contributed by atoms with Crippen molar-refractivity contribution in [1.29, 1.82) is 0 Å². The van der Waals surface area contributed by atoms with E-state index in [0.29, 0.717) is 30.7 Å². The van der Waals surface area contributed by atoms with Gasteiger partial charge in [-0.2, -0.15) is 5.10 Å². The fourth-order valence-electron chi connectivity index (χ4n) is 5.87. The topological polar surface area (TPSA) is 113 Å². The Balaban J connectivity index is 1.41. The number of aryl methyl sites for hydroxylation is 2. The lowest BCUT2D eigenvalue weighted by atomic mass is 9.59. The third kappa shape index (κ3) is 4.26. The summed E-state index contributed by atoms with van der Waals surface area (Å²) < 4.78 is 43.6. The molecule has 0 unspecified atom stereocenters. The van der Waals surface area contributed by atoms with Crippen molar-refractivity contribution < 1.29 is 17.6 Å². The minimum Gasteiger partial charge on any atom is -0.290 e. The van der Waals surface area contributed by atoms with Crippen molar-refractivity contribution in [3.8, 4) is 5.69 Å². The van der Waals surface area contributed by atoms with E-state index in [9.17, 15) is 17.6 Å². The summed E-state index contributed by atoms with van der Waals surface area (Å²) in [5, 5.41) is 8.08. The molecule has 202 valence electrons. The average Bonchev–Trinajstić information content (AvgIpc) is 3.66. The van der Waals surface area contributed by atoms with E-state index in [-0.39, 0.29) is 22.7 Å². The van der Waals surface area contributed by atoms with E-state index in [1.54, 1.807) is 43.2 Å². The van der Waals surface area contributed by atoms with E-state index in [1.807, 2.05) is 13.0 Å². The van der Waals surface area contributed by atoms with Crippen molar-refractivity contribution in [3.63, 3.8) is 0 Å². The summed E-state index contributed by atoms with van der Waals surface area (Å²) in [6, 6.07) is 6.12. The number of fused-ring (bicyclic) bond motifs is 2. The van der Waals surface area contributed by atoms with Gasteiger partial charge in [-0.15, -0.1) is 16.4 Å². The monoisotopic (exact) mass is 566 g/mol. The second-order valence-corrected chi connectivity index (χ2v) is 13.9. The standard InChI is InChI=1S/C27H27FN6O3S2/c1-16-13-29-25(38-16)24(35)27-11-18(17(2)39(36,37)26-30-15-33(3)32-26)4-5-20(27)10-23-19(12-27)14-31-34(23)22-8-6-21(28)7-9-22/h6-10,13-15,17-18H,4-5,11-12H2,1-3H3/t17-,18-,27+/m0/s1. The predicted octanol–water partition coefficient (Wildman–Crippen LogP) is 4.38. The molecule has 0 radical (unpaired) electrons. The lowest BCUT2D eigenvalue weighted by Gasteiger charge is -2.44. The van der Waals surface area contributed by atoms with Gasteiger partial charge in [-0.05, 0) is 81.4 Å². The van der Waals surface area contributed by atoms with Crippen molar-refractivity contribution in [2.75, 3.05) is 0 Å². The summed E-state index contributed by atoms with van der Waals surface area (Å²) in [5.41, 5.74) is 2.48. The fraction of sp³-hybridized carbons (Fsp3) is 0.370. The largest absolute Gasteiger partial charge is 0.290 e. The van der Waals surface area contributed by atoms with Crippen LogP contribution in [0.3, 0.4) is 0 Å². The molecule has 0 bridgehead atoms. The van der Waals surface area contributed by atoms with Crippen LogP contribution in [0.2, 0.25) is 0 Å². The molecule has 0 saturated heterocycles. The van der Waals surface area contributed by atoms with E-state index >= 15 is 0 Å². The number of aromatic nitrogens is 6. The van der Waals surface area contributed by atoms with E-state index in [0.717, 1.165) is 27.4 Å². The smallest absolute Gasteiger partial charge is 0.267 e. The highest BCUT2D eigenvalue weighted by molar-refractivity contribution is 7.91. The van der Waals surface area contributed by atoms with Crippen molar-refractivity contribution in [2.45, 2.75) is 49.9 Å². The van der Waals surface area contributed by atoms with Crippen LogP contribution in [0, 0.1) is 24.1 Å². The summed E-state index contributed by atoms with van der Waals surface area (Å²) in [7, 11) is -2.17. The van der Waals surface area contributed by atoms with Crippen molar-refractivity contribution in [2.24, 2.45) is 18.4 Å². The summed E-state index contributed by atoms with van der Waals surface area (Å²) in [5.74, 6) is -0.697. The molecule has 2 aliphatic carbocycles. The number of sulfone groups is 1. The molecule has 3 atom stereocenters. The number of allylic oxidation sites excluding steroid dienone is 1. The van der Waals surface area contributed by atoms with Crippen LogP contribution in [0.25, 0.3) is 11.8 Å². The van der Waals surface area contributed by atoms with Crippen LogP contribution < -0.4 is 0 Å². The average molecular weight is 567 g/mol. The molecular formula is C27H27FN6O3S2. The van der Waals surface area contributed by atoms with E-state index in [2.05, 4.69) is 20.2 Å². The number of hydrogen-bond acceptors (Lipinski definition) is 8. The van der Waals surface area contributed by atoms with Crippen LogP contribution in [0.15, 0.2) is 53.7 Å². The molecule has 2 aliphatic rings. The van der Waals surface area contributed by atoms with Gasteiger partial charge >= 0.3 is 0 Å². The predicted molar refractivity (Wildman–Crippen MR) is 144 cm³/mol. The maximum Gasteiger partial charge on any atom is 0.267 e. The molecule has 4 aromatic rings. The first kappa shape index (κ1) is 25.8. The first-order valence-electron chi connectivity index (χ1n) is 12.7. The van der Waals surface area contributed by atoms with E-state index in [1.165, 1.54) is 34.5 Å². The Morgan fingerprint density at radius 1 is 1.21 bits per heavy atom. The number of benzene rings is 1. The highest BCUT2D eigenvalue weighted by atomic mass is 32.2. The first-order chi connectivity index (χ1) is 18.6. The van der Waals surface area contributed by atoms with Gasteiger partial charge in [-0.25, -0.2) is 27.5 Å². The zero-order valence-electron chi connectivity index (χ0n) is 21.7.